The minimum Gasteiger partial charge on any atom is -0.480 e. The molecule has 15 heteroatoms. The lowest BCUT2D eigenvalue weighted by Crippen LogP contribution is -2.40. The number of sulfonamides is 1. The van der Waals surface area contributed by atoms with Crippen molar-refractivity contribution in [2.24, 2.45) is 5.41 Å². The molecule has 1 spiro atoms. The van der Waals surface area contributed by atoms with Gasteiger partial charge >= 0.3 is 0 Å². The molecule has 0 unspecified atom stereocenters. The number of aromatic nitrogens is 3. The van der Waals surface area contributed by atoms with E-state index in [2.05, 4.69) is 30.1 Å². The van der Waals surface area contributed by atoms with Crippen molar-refractivity contribution in [3.63, 3.8) is 0 Å². The quantitative estimate of drug-likeness (QED) is 0.320. The van der Waals surface area contributed by atoms with Crippen LogP contribution in [-0.4, -0.2) is 86.2 Å². The number of anilines is 4. The number of rotatable bonds is 9. The predicted octanol–water partition coefficient (Wildman–Crippen LogP) is 3.64. The van der Waals surface area contributed by atoms with E-state index in [0.717, 1.165) is 25.9 Å². The summed E-state index contributed by atoms with van der Waals surface area (Å²) in [6, 6.07) is 7.98. The van der Waals surface area contributed by atoms with Gasteiger partial charge in [-0.1, -0.05) is 0 Å². The standard InChI is InChI=1S/C29H35F2N7O5S/c1-43-24-17-19-16-23(32-26(25(19)35-34-24)38-12-8-29(30,31)9-13-38)33-27(40)21-3-2-20(36-44(41,42)15-14-39)18-22(21)37-10-6-28(4-5-28)7-11-37/h2-3,16-18,36,39H,4-15H2,1H3,(H,32,33,40). The van der Waals surface area contributed by atoms with Gasteiger partial charge in [-0.05, 0) is 55.4 Å². The second kappa shape index (κ2) is 11.6. The first-order valence-electron chi connectivity index (χ1n) is 14.7. The average Bonchev–Trinajstić information content (AvgIpc) is 3.75. The molecular formula is C29H35F2N7O5S. The number of benzene rings is 1. The maximum Gasteiger partial charge on any atom is 0.258 e. The van der Waals surface area contributed by atoms with Gasteiger partial charge in [-0.15, -0.1) is 10.2 Å². The zero-order valence-electron chi connectivity index (χ0n) is 24.4. The lowest BCUT2D eigenvalue weighted by molar-refractivity contribution is -0.0221. The van der Waals surface area contributed by atoms with Gasteiger partial charge in [0.1, 0.15) is 11.3 Å². The van der Waals surface area contributed by atoms with Crippen molar-refractivity contribution < 1.29 is 31.8 Å². The number of aliphatic hydroxyl groups excluding tert-OH is 1. The Bertz CT molecular complexity index is 1670. The van der Waals surface area contributed by atoms with Crippen LogP contribution in [0.5, 0.6) is 5.88 Å². The zero-order chi connectivity index (χ0) is 31.1. The molecule has 3 aliphatic rings. The van der Waals surface area contributed by atoms with E-state index in [-0.39, 0.29) is 43.3 Å². The molecule has 2 aliphatic heterocycles. The molecule has 1 aliphatic carbocycles. The van der Waals surface area contributed by atoms with Crippen molar-refractivity contribution >= 4 is 49.8 Å². The van der Waals surface area contributed by atoms with E-state index in [4.69, 9.17) is 9.84 Å². The largest absolute Gasteiger partial charge is 0.480 e. The number of hydrogen-bond acceptors (Lipinski definition) is 10. The number of nitrogens with zero attached hydrogens (tertiary/aromatic N) is 5. The van der Waals surface area contributed by atoms with Crippen LogP contribution in [0.3, 0.4) is 0 Å². The molecule has 3 N–H and O–H groups in total. The number of aliphatic hydroxyl groups is 1. The fraction of sp³-hybridized carbons (Fsp3) is 0.517. The molecule has 12 nitrogen and oxygen atoms in total. The number of fused-ring (bicyclic) bond motifs is 1. The van der Waals surface area contributed by atoms with Gasteiger partial charge in [0.15, 0.2) is 5.82 Å². The molecule has 4 heterocycles. The van der Waals surface area contributed by atoms with E-state index in [1.807, 2.05) is 0 Å². The monoisotopic (exact) mass is 631 g/mol. The van der Waals surface area contributed by atoms with Crippen LogP contribution in [0.1, 0.15) is 48.9 Å². The number of ether oxygens (including phenoxy) is 1. The molecule has 1 aromatic carbocycles. The first-order chi connectivity index (χ1) is 21.0. The molecule has 44 heavy (non-hydrogen) atoms. The summed E-state index contributed by atoms with van der Waals surface area (Å²) in [6.45, 7) is 1.06. The molecule has 1 saturated carbocycles. The molecule has 3 aromatic rings. The van der Waals surface area contributed by atoms with Gasteiger partial charge in [-0.2, -0.15) is 0 Å². The molecule has 2 saturated heterocycles. The number of halogens is 2. The van der Waals surface area contributed by atoms with E-state index in [9.17, 15) is 22.0 Å². The Kier molecular flexibility index (Phi) is 7.94. The first kappa shape index (κ1) is 30.2. The maximum absolute atomic E-state index is 13.9. The van der Waals surface area contributed by atoms with Crippen LogP contribution < -0.4 is 24.6 Å². The number of hydrogen-bond donors (Lipinski definition) is 3. The number of piperidine rings is 2. The summed E-state index contributed by atoms with van der Waals surface area (Å²) < 4.78 is 60.3. The number of alkyl halides is 2. The van der Waals surface area contributed by atoms with Crippen LogP contribution in [0.2, 0.25) is 0 Å². The summed E-state index contributed by atoms with van der Waals surface area (Å²) >= 11 is 0. The van der Waals surface area contributed by atoms with Crippen molar-refractivity contribution in [1.82, 2.24) is 15.2 Å². The third kappa shape index (κ3) is 6.48. The minimum atomic E-state index is -3.77. The normalized spacial score (nSPS) is 19.2. The highest BCUT2D eigenvalue weighted by Gasteiger charge is 2.44. The lowest BCUT2D eigenvalue weighted by atomic mass is 9.93. The average molecular weight is 632 g/mol. The van der Waals surface area contributed by atoms with Crippen molar-refractivity contribution in [1.29, 1.82) is 0 Å². The number of amides is 1. The lowest BCUT2D eigenvalue weighted by Gasteiger charge is -2.35. The minimum absolute atomic E-state index is 0.0639. The van der Waals surface area contributed by atoms with E-state index < -0.39 is 34.2 Å². The smallest absolute Gasteiger partial charge is 0.258 e. The Morgan fingerprint density at radius 1 is 1.00 bits per heavy atom. The number of methoxy groups -OCH3 is 1. The summed E-state index contributed by atoms with van der Waals surface area (Å²) in [5.41, 5.74) is 1.97. The van der Waals surface area contributed by atoms with E-state index in [1.165, 1.54) is 26.0 Å². The molecule has 0 radical (unpaired) electrons. The topological polar surface area (TPSA) is 150 Å². The second-order valence-electron chi connectivity index (χ2n) is 11.8. The van der Waals surface area contributed by atoms with E-state index >= 15 is 0 Å². The van der Waals surface area contributed by atoms with Crippen molar-refractivity contribution in [2.45, 2.75) is 44.4 Å². The highest BCUT2D eigenvalue weighted by Crippen LogP contribution is 2.54. The van der Waals surface area contributed by atoms with Gasteiger partial charge in [0, 0.05) is 50.5 Å². The Morgan fingerprint density at radius 2 is 1.70 bits per heavy atom. The number of carbonyl (C=O) groups is 1. The fourth-order valence-electron chi connectivity index (χ4n) is 5.93. The first-order valence-corrected chi connectivity index (χ1v) is 16.3. The third-order valence-corrected chi connectivity index (χ3v) is 10.0. The van der Waals surface area contributed by atoms with Crippen LogP contribution in [0.4, 0.5) is 31.8 Å². The molecule has 236 valence electrons. The van der Waals surface area contributed by atoms with Crippen LogP contribution >= 0.6 is 0 Å². The summed E-state index contributed by atoms with van der Waals surface area (Å²) in [7, 11) is -2.32. The van der Waals surface area contributed by atoms with E-state index in [0.29, 0.717) is 33.4 Å². The predicted molar refractivity (Wildman–Crippen MR) is 162 cm³/mol. The fourth-order valence-corrected chi connectivity index (χ4v) is 6.76. The maximum atomic E-state index is 13.9. The molecule has 3 fully saturated rings. The Morgan fingerprint density at radius 3 is 2.36 bits per heavy atom. The second-order valence-corrected chi connectivity index (χ2v) is 13.7. The SMILES string of the molecule is COc1cc2cc(NC(=O)c3ccc(NS(=O)(=O)CCO)cc3N3CCC4(CC3)CC4)nc(N3CCC(F)(F)CC3)c2nn1. The zero-order valence-corrected chi connectivity index (χ0v) is 25.2. The van der Waals surface area contributed by atoms with Crippen molar-refractivity contribution in [3.05, 3.63) is 35.9 Å². The molecule has 0 bridgehead atoms. The summed E-state index contributed by atoms with van der Waals surface area (Å²) in [6.07, 6.45) is 3.73. The van der Waals surface area contributed by atoms with Gasteiger partial charge in [0.05, 0.1) is 36.4 Å². The number of nitrogens with one attached hydrogen (secondary N) is 2. The van der Waals surface area contributed by atoms with Gasteiger partial charge in [-0.3, -0.25) is 9.52 Å². The number of pyridine rings is 1. The van der Waals surface area contributed by atoms with Crippen LogP contribution in [0.25, 0.3) is 10.9 Å². The molecule has 1 amide bonds. The molecule has 2 aromatic heterocycles. The Hall–Kier alpha value is -3.85. The van der Waals surface area contributed by atoms with Crippen LogP contribution in [0.15, 0.2) is 30.3 Å². The van der Waals surface area contributed by atoms with Gasteiger partial charge in [0.25, 0.3) is 11.8 Å². The Labute approximate surface area is 253 Å². The van der Waals surface area contributed by atoms with Crippen molar-refractivity contribution in [2.75, 3.05) is 65.5 Å². The van der Waals surface area contributed by atoms with Gasteiger partial charge in [0.2, 0.25) is 15.9 Å². The van der Waals surface area contributed by atoms with Crippen LogP contribution in [0, 0.1) is 5.41 Å². The Balaban J connectivity index is 1.33. The van der Waals surface area contributed by atoms with Crippen LogP contribution in [-0.2, 0) is 10.0 Å². The summed E-state index contributed by atoms with van der Waals surface area (Å²) in [5.74, 6) is -2.89. The third-order valence-electron chi connectivity index (χ3n) is 8.77. The molecular weight excluding hydrogens is 596 g/mol. The highest BCUT2D eigenvalue weighted by atomic mass is 32.2. The van der Waals surface area contributed by atoms with E-state index in [1.54, 1.807) is 29.2 Å². The summed E-state index contributed by atoms with van der Waals surface area (Å²) in [4.78, 5) is 22.3. The highest BCUT2D eigenvalue weighted by molar-refractivity contribution is 7.92. The van der Waals surface area contributed by atoms with Gasteiger partial charge < -0.3 is 25.0 Å². The molecule has 0 atom stereocenters. The van der Waals surface area contributed by atoms with Gasteiger partial charge in [-0.25, -0.2) is 22.2 Å². The number of carbonyl (C=O) groups excluding carboxylic acids is 1. The summed E-state index contributed by atoms with van der Waals surface area (Å²) in [5, 5.41) is 20.8. The van der Waals surface area contributed by atoms with Crippen molar-refractivity contribution in [3.8, 4) is 5.88 Å². The molecule has 6 rings (SSSR count).